The number of furan rings is 1. The van der Waals surface area contributed by atoms with E-state index in [1.807, 2.05) is 42.1 Å². The molecule has 0 saturated carbocycles. The Morgan fingerprint density at radius 1 is 1.21 bits per heavy atom. The molecule has 0 radical (unpaired) electrons. The minimum Gasteiger partial charge on any atom is -0.497 e. The molecule has 2 heterocycles. The summed E-state index contributed by atoms with van der Waals surface area (Å²) in [5.41, 5.74) is 3.02. The third-order valence-electron chi connectivity index (χ3n) is 4.10. The van der Waals surface area contributed by atoms with Crippen molar-refractivity contribution in [2.24, 2.45) is 7.05 Å². The fraction of sp³-hybridized carbons (Fsp3) is 0.167. The van der Waals surface area contributed by atoms with E-state index in [4.69, 9.17) is 21.4 Å². The van der Waals surface area contributed by atoms with Crippen LogP contribution in [0, 0.1) is 4.64 Å². The summed E-state index contributed by atoms with van der Waals surface area (Å²) in [7, 11) is 3.58. The Hall–Kier alpha value is -2.73. The van der Waals surface area contributed by atoms with E-state index in [1.54, 1.807) is 7.11 Å². The summed E-state index contributed by atoms with van der Waals surface area (Å²) < 4.78 is 13.7. The molecule has 4 aromatic rings. The van der Waals surface area contributed by atoms with Crippen LogP contribution >= 0.6 is 12.2 Å². The first kappa shape index (κ1) is 14.8. The molecule has 0 saturated heterocycles. The fourth-order valence-electron chi connectivity index (χ4n) is 2.81. The van der Waals surface area contributed by atoms with Crippen molar-refractivity contribution in [1.82, 2.24) is 9.78 Å². The summed E-state index contributed by atoms with van der Waals surface area (Å²) in [6, 6.07) is 14.0. The summed E-state index contributed by atoms with van der Waals surface area (Å²) in [5.74, 6) is 1.55. The molecule has 0 aliphatic rings. The second-order valence-electron chi connectivity index (χ2n) is 5.72. The number of aromatic nitrogens is 2. The molecular formula is C18H17N3O2S. The molecule has 5 nitrogen and oxygen atoms in total. The van der Waals surface area contributed by atoms with Gasteiger partial charge in [-0.2, -0.15) is 0 Å². The molecular weight excluding hydrogens is 322 g/mol. The number of ether oxygens (including phenoxy) is 1. The normalized spacial score (nSPS) is 11.2. The Labute approximate surface area is 143 Å². The maximum absolute atomic E-state index is 5.81. The number of H-pyrrole nitrogens is 1. The third kappa shape index (κ3) is 2.55. The number of methoxy groups -OCH3 is 1. The van der Waals surface area contributed by atoms with Gasteiger partial charge < -0.3 is 14.5 Å². The van der Waals surface area contributed by atoms with Gasteiger partial charge in [0.1, 0.15) is 16.0 Å². The number of rotatable bonds is 4. The van der Waals surface area contributed by atoms with Crippen LogP contribution in [0.15, 0.2) is 46.9 Å². The van der Waals surface area contributed by atoms with Crippen molar-refractivity contribution in [2.45, 2.75) is 6.54 Å². The lowest BCUT2D eigenvalue weighted by Crippen LogP contribution is -1.97. The van der Waals surface area contributed by atoms with Gasteiger partial charge in [-0.1, -0.05) is 18.3 Å². The van der Waals surface area contributed by atoms with Gasteiger partial charge in [-0.25, -0.2) is 0 Å². The number of nitrogens with zero attached hydrogens (tertiary/aromatic N) is 1. The highest BCUT2D eigenvalue weighted by atomic mass is 32.1. The van der Waals surface area contributed by atoms with Gasteiger partial charge in [-0.3, -0.25) is 9.78 Å². The molecule has 2 N–H and O–H groups in total. The molecule has 0 amide bonds. The van der Waals surface area contributed by atoms with Gasteiger partial charge in [0.15, 0.2) is 5.88 Å². The lowest BCUT2D eigenvalue weighted by Gasteiger charge is -2.03. The van der Waals surface area contributed by atoms with Crippen LogP contribution in [0.5, 0.6) is 5.75 Å². The molecule has 0 bridgehead atoms. The van der Waals surface area contributed by atoms with Crippen LogP contribution in [0.25, 0.3) is 21.9 Å². The number of anilines is 1. The van der Waals surface area contributed by atoms with Crippen molar-refractivity contribution in [3.8, 4) is 5.75 Å². The average Bonchev–Trinajstić information content (AvgIpc) is 3.13. The highest BCUT2D eigenvalue weighted by Gasteiger charge is 2.06. The van der Waals surface area contributed by atoms with Crippen molar-refractivity contribution < 1.29 is 9.15 Å². The van der Waals surface area contributed by atoms with Crippen molar-refractivity contribution >= 4 is 40.0 Å². The predicted molar refractivity (Wildman–Crippen MR) is 98.2 cm³/mol. The molecule has 122 valence electrons. The maximum atomic E-state index is 5.81. The Balaban J connectivity index is 1.58. The van der Waals surface area contributed by atoms with Crippen LogP contribution < -0.4 is 10.1 Å². The van der Waals surface area contributed by atoms with Crippen LogP contribution in [0.2, 0.25) is 0 Å². The topological polar surface area (TPSA) is 55.1 Å². The first-order valence-electron chi connectivity index (χ1n) is 7.63. The average molecular weight is 339 g/mol. The molecule has 0 unspecified atom stereocenters. The van der Waals surface area contributed by atoms with E-state index < -0.39 is 0 Å². The predicted octanol–water partition coefficient (Wildman–Crippen LogP) is 4.60. The maximum Gasteiger partial charge on any atom is 0.194 e. The van der Waals surface area contributed by atoms with Gasteiger partial charge in [-0.15, -0.1) is 0 Å². The minimum atomic E-state index is 0.663. The molecule has 6 heteroatoms. The highest BCUT2D eigenvalue weighted by Crippen LogP contribution is 2.27. The summed E-state index contributed by atoms with van der Waals surface area (Å²) in [4.78, 5) is 0. The van der Waals surface area contributed by atoms with E-state index in [0.29, 0.717) is 6.54 Å². The van der Waals surface area contributed by atoms with Crippen molar-refractivity contribution in [3.05, 3.63) is 52.7 Å². The lowest BCUT2D eigenvalue weighted by molar-refractivity contribution is 0.415. The number of aryl methyl sites for hydroxylation is 1. The molecule has 2 aromatic heterocycles. The summed E-state index contributed by atoms with van der Waals surface area (Å²) in [6.45, 7) is 0.663. The zero-order chi connectivity index (χ0) is 16.7. The van der Waals surface area contributed by atoms with E-state index in [0.717, 1.165) is 43.7 Å². The summed E-state index contributed by atoms with van der Waals surface area (Å²) >= 11 is 5.41. The van der Waals surface area contributed by atoms with Crippen molar-refractivity contribution in [2.75, 3.05) is 12.4 Å². The van der Waals surface area contributed by atoms with Crippen LogP contribution in [-0.4, -0.2) is 16.9 Å². The van der Waals surface area contributed by atoms with Gasteiger partial charge in [-0.05, 0) is 35.9 Å². The van der Waals surface area contributed by atoms with Gasteiger partial charge >= 0.3 is 0 Å². The third-order valence-corrected chi connectivity index (χ3v) is 4.59. The molecule has 24 heavy (non-hydrogen) atoms. The van der Waals surface area contributed by atoms with Crippen LogP contribution in [0.1, 0.15) is 5.56 Å². The molecule has 0 aliphatic carbocycles. The van der Waals surface area contributed by atoms with E-state index in [9.17, 15) is 0 Å². The Morgan fingerprint density at radius 3 is 2.92 bits per heavy atom. The molecule has 2 aromatic carbocycles. The monoisotopic (exact) mass is 339 g/mol. The molecule has 0 atom stereocenters. The summed E-state index contributed by atoms with van der Waals surface area (Å²) in [5, 5.41) is 8.61. The number of benzene rings is 2. The standard InChI is InChI=1S/C18H17N3O2S/c1-21-18(24)14-7-11(3-5-15(14)20-21)10-19-17-9-12-8-13(22-2)4-6-16(12)23-17/h3-9,19-20H,10H2,1-2H3. The number of hydrogen-bond acceptors (Lipinski definition) is 4. The number of fused-ring (bicyclic) bond motifs is 2. The minimum absolute atomic E-state index is 0.663. The van der Waals surface area contributed by atoms with Gasteiger partial charge in [0, 0.05) is 30.4 Å². The molecule has 0 spiro atoms. The van der Waals surface area contributed by atoms with Crippen molar-refractivity contribution in [1.29, 1.82) is 0 Å². The Kier molecular flexibility index (Phi) is 3.54. The van der Waals surface area contributed by atoms with E-state index in [1.165, 1.54) is 0 Å². The van der Waals surface area contributed by atoms with Gasteiger partial charge in [0.25, 0.3) is 0 Å². The highest BCUT2D eigenvalue weighted by molar-refractivity contribution is 7.71. The van der Waals surface area contributed by atoms with Crippen molar-refractivity contribution in [3.63, 3.8) is 0 Å². The Bertz CT molecular complexity index is 1090. The quantitative estimate of drug-likeness (QED) is 0.533. The van der Waals surface area contributed by atoms with E-state index in [-0.39, 0.29) is 0 Å². The number of aromatic amines is 1. The lowest BCUT2D eigenvalue weighted by atomic mass is 10.1. The number of hydrogen-bond donors (Lipinski definition) is 2. The van der Waals surface area contributed by atoms with Crippen LogP contribution in [-0.2, 0) is 13.6 Å². The van der Waals surface area contributed by atoms with Crippen LogP contribution in [0.4, 0.5) is 5.88 Å². The second-order valence-corrected chi connectivity index (χ2v) is 6.11. The summed E-state index contributed by atoms with van der Waals surface area (Å²) in [6.07, 6.45) is 0. The van der Waals surface area contributed by atoms with Gasteiger partial charge in [0.2, 0.25) is 0 Å². The first-order chi connectivity index (χ1) is 11.6. The Morgan fingerprint density at radius 2 is 2.08 bits per heavy atom. The largest absolute Gasteiger partial charge is 0.497 e. The van der Waals surface area contributed by atoms with E-state index >= 15 is 0 Å². The second kappa shape index (κ2) is 5.72. The molecule has 0 fully saturated rings. The van der Waals surface area contributed by atoms with E-state index in [2.05, 4.69) is 22.5 Å². The fourth-order valence-corrected chi connectivity index (χ4v) is 3.03. The zero-order valence-electron chi connectivity index (χ0n) is 13.4. The molecule has 0 aliphatic heterocycles. The zero-order valence-corrected chi connectivity index (χ0v) is 14.2. The molecule has 4 rings (SSSR count). The SMILES string of the molecule is COc1ccc2oc(NCc3ccc4[nH]n(C)c(=S)c4c3)cc2c1. The van der Waals surface area contributed by atoms with Gasteiger partial charge in [0.05, 0.1) is 12.6 Å². The smallest absolute Gasteiger partial charge is 0.194 e. The first-order valence-corrected chi connectivity index (χ1v) is 8.04. The van der Waals surface area contributed by atoms with Crippen LogP contribution in [0.3, 0.4) is 0 Å². The number of nitrogens with one attached hydrogen (secondary N) is 2.